The Kier molecular flexibility index (Phi) is 2.50. The molecule has 18 heavy (non-hydrogen) atoms. The standard InChI is InChI=1S/C14H10BrNO2/c15-10-7-4-8-11-12(10)14(18,13(17)16-11)9-5-2-1-3-6-9/h1-8,18H,(H,16,17)/t14-/m0/s1. The predicted molar refractivity (Wildman–Crippen MR) is 72.2 cm³/mol. The molecule has 1 aliphatic rings. The molecule has 2 N–H and O–H groups in total. The molecule has 4 heteroatoms. The van der Waals surface area contributed by atoms with Crippen molar-refractivity contribution in [2.75, 3.05) is 5.32 Å². The van der Waals surface area contributed by atoms with E-state index >= 15 is 0 Å². The van der Waals surface area contributed by atoms with E-state index in [0.717, 1.165) is 0 Å². The molecule has 1 atom stereocenters. The Morgan fingerprint density at radius 2 is 1.78 bits per heavy atom. The summed E-state index contributed by atoms with van der Waals surface area (Å²) in [5, 5.41) is 13.5. The van der Waals surface area contributed by atoms with Crippen LogP contribution in [0.3, 0.4) is 0 Å². The minimum absolute atomic E-state index is 0.421. The van der Waals surface area contributed by atoms with Crippen LogP contribution in [-0.2, 0) is 10.4 Å². The van der Waals surface area contributed by atoms with Crippen molar-refractivity contribution in [3.05, 3.63) is 64.1 Å². The van der Waals surface area contributed by atoms with Crippen LogP contribution in [0.15, 0.2) is 53.0 Å². The highest BCUT2D eigenvalue weighted by Crippen LogP contribution is 2.44. The molecule has 3 nitrogen and oxygen atoms in total. The second-order valence-electron chi connectivity index (χ2n) is 4.19. The van der Waals surface area contributed by atoms with Gasteiger partial charge in [-0.15, -0.1) is 0 Å². The first-order chi connectivity index (χ1) is 8.64. The van der Waals surface area contributed by atoms with Crippen molar-refractivity contribution in [1.29, 1.82) is 0 Å². The lowest BCUT2D eigenvalue weighted by molar-refractivity contribution is -0.129. The molecule has 0 fully saturated rings. The lowest BCUT2D eigenvalue weighted by atomic mass is 9.88. The topological polar surface area (TPSA) is 49.3 Å². The van der Waals surface area contributed by atoms with Crippen LogP contribution in [0.5, 0.6) is 0 Å². The summed E-state index contributed by atoms with van der Waals surface area (Å²) in [6.45, 7) is 0. The molecular formula is C14H10BrNO2. The Bertz CT molecular complexity index is 627. The summed E-state index contributed by atoms with van der Waals surface area (Å²) in [7, 11) is 0. The second-order valence-corrected chi connectivity index (χ2v) is 5.05. The zero-order valence-corrected chi connectivity index (χ0v) is 10.9. The zero-order chi connectivity index (χ0) is 12.8. The molecule has 0 aliphatic carbocycles. The second kappa shape index (κ2) is 3.93. The van der Waals surface area contributed by atoms with Gasteiger partial charge >= 0.3 is 0 Å². The number of aliphatic hydroxyl groups is 1. The van der Waals surface area contributed by atoms with Gasteiger partial charge in [-0.2, -0.15) is 0 Å². The summed E-state index contributed by atoms with van der Waals surface area (Å²) >= 11 is 3.40. The number of carbonyl (C=O) groups is 1. The number of hydrogen-bond acceptors (Lipinski definition) is 2. The van der Waals surface area contributed by atoms with E-state index in [2.05, 4.69) is 21.2 Å². The number of amides is 1. The molecule has 0 saturated heterocycles. The van der Waals surface area contributed by atoms with Gasteiger partial charge in [-0.3, -0.25) is 4.79 Å². The van der Waals surface area contributed by atoms with Gasteiger partial charge in [0.1, 0.15) is 0 Å². The third-order valence-corrected chi connectivity index (χ3v) is 3.80. The van der Waals surface area contributed by atoms with Gasteiger partial charge in [-0.05, 0) is 17.7 Å². The van der Waals surface area contributed by atoms with Crippen LogP contribution in [0.4, 0.5) is 5.69 Å². The first-order valence-electron chi connectivity index (χ1n) is 5.52. The minimum Gasteiger partial charge on any atom is -0.372 e. The largest absolute Gasteiger partial charge is 0.372 e. The quantitative estimate of drug-likeness (QED) is 0.851. The van der Waals surface area contributed by atoms with Gasteiger partial charge < -0.3 is 10.4 Å². The predicted octanol–water partition coefficient (Wildman–Crippen LogP) is 2.64. The SMILES string of the molecule is O=C1Nc2cccc(Br)c2[C@@]1(O)c1ccccc1. The molecule has 1 amide bonds. The summed E-state index contributed by atoms with van der Waals surface area (Å²) in [4.78, 5) is 12.1. The molecule has 2 aromatic carbocycles. The van der Waals surface area contributed by atoms with Crippen molar-refractivity contribution in [3.8, 4) is 0 Å². The molecule has 2 aromatic rings. The summed E-state index contributed by atoms with van der Waals surface area (Å²) in [5.41, 5.74) is 0.145. The average molecular weight is 304 g/mol. The number of halogens is 1. The van der Waals surface area contributed by atoms with Crippen molar-refractivity contribution in [2.24, 2.45) is 0 Å². The number of anilines is 1. The van der Waals surface area contributed by atoms with Crippen molar-refractivity contribution >= 4 is 27.5 Å². The number of rotatable bonds is 1. The van der Waals surface area contributed by atoms with E-state index in [-0.39, 0.29) is 0 Å². The lowest BCUT2D eigenvalue weighted by Crippen LogP contribution is -2.35. The van der Waals surface area contributed by atoms with Crippen molar-refractivity contribution in [3.63, 3.8) is 0 Å². The van der Waals surface area contributed by atoms with Crippen molar-refractivity contribution in [1.82, 2.24) is 0 Å². The Balaban J connectivity index is 2.29. The summed E-state index contributed by atoms with van der Waals surface area (Å²) in [6.07, 6.45) is 0. The van der Waals surface area contributed by atoms with E-state index in [1.54, 1.807) is 30.3 Å². The van der Waals surface area contributed by atoms with Crippen molar-refractivity contribution < 1.29 is 9.90 Å². The summed E-state index contributed by atoms with van der Waals surface area (Å²) < 4.78 is 0.713. The zero-order valence-electron chi connectivity index (χ0n) is 9.35. The van der Waals surface area contributed by atoms with E-state index in [1.165, 1.54) is 0 Å². The molecule has 3 rings (SSSR count). The third-order valence-electron chi connectivity index (χ3n) is 3.14. The molecule has 0 saturated carbocycles. The maximum Gasteiger partial charge on any atom is 0.265 e. The maximum atomic E-state index is 12.1. The number of carbonyl (C=O) groups excluding carboxylic acids is 1. The van der Waals surface area contributed by atoms with Crippen LogP contribution in [0, 0.1) is 0 Å². The smallest absolute Gasteiger partial charge is 0.265 e. The van der Waals surface area contributed by atoms with E-state index in [1.807, 2.05) is 18.2 Å². The van der Waals surface area contributed by atoms with Crippen LogP contribution in [0.2, 0.25) is 0 Å². The average Bonchev–Trinajstić information content (AvgIpc) is 2.65. The fraction of sp³-hybridized carbons (Fsp3) is 0.0714. The fourth-order valence-corrected chi connectivity index (χ4v) is 2.93. The monoisotopic (exact) mass is 303 g/mol. The van der Waals surface area contributed by atoms with Crippen LogP contribution in [0.25, 0.3) is 0 Å². The molecule has 0 unspecified atom stereocenters. The molecule has 0 radical (unpaired) electrons. The Morgan fingerprint density at radius 1 is 1.06 bits per heavy atom. The number of hydrogen-bond donors (Lipinski definition) is 2. The van der Waals surface area contributed by atoms with Gasteiger partial charge in [0.25, 0.3) is 5.91 Å². The van der Waals surface area contributed by atoms with E-state index in [0.29, 0.717) is 21.3 Å². The first kappa shape index (κ1) is 11.4. The molecule has 1 aliphatic heterocycles. The Hall–Kier alpha value is -1.65. The number of nitrogens with one attached hydrogen (secondary N) is 1. The van der Waals surface area contributed by atoms with Gasteiger partial charge in [0, 0.05) is 15.7 Å². The highest BCUT2D eigenvalue weighted by atomic mass is 79.9. The van der Waals surface area contributed by atoms with Gasteiger partial charge in [-0.1, -0.05) is 52.3 Å². The highest BCUT2D eigenvalue weighted by Gasteiger charge is 2.47. The van der Waals surface area contributed by atoms with Gasteiger partial charge in [-0.25, -0.2) is 0 Å². The van der Waals surface area contributed by atoms with Gasteiger partial charge in [0.05, 0.1) is 0 Å². The van der Waals surface area contributed by atoms with E-state index in [9.17, 15) is 9.90 Å². The summed E-state index contributed by atoms with van der Waals surface area (Å²) in [5.74, 6) is -0.421. The molecule has 90 valence electrons. The van der Waals surface area contributed by atoms with E-state index in [4.69, 9.17) is 0 Å². The van der Waals surface area contributed by atoms with Crippen molar-refractivity contribution in [2.45, 2.75) is 5.60 Å². The first-order valence-corrected chi connectivity index (χ1v) is 6.31. The van der Waals surface area contributed by atoms with Gasteiger partial charge in [0.2, 0.25) is 0 Å². The van der Waals surface area contributed by atoms with Gasteiger partial charge in [0.15, 0.2) is 5.60 Å². The van der Waals surface area contributed by atoms with E-state index < -0.39 is 11.5 Å². The number of benzene rings is 2. The summed E-state index contributed by atoms with van der Waals surface area (Å²) in [6, 6.07) is 14.3. The maximum absolute atomic E-state index is 12.1. The van der Waals surface area contributed by atoms with Crippen LogP contribution < -0.4 is 5.32 Å². The highest BCUT2D eigenvalue weighted by molar-refractivity contribution is 9.10. The Labute approximate surface area is 113 Å². The Morgan fingerprint density at radius 3 is 2.50 bits per heavy atom. The molecule has 0 spiro atoms. The lowest BCUT2D eigenvalue weighted by Gasteiger charge is -2.22. The van der Waals surface area contributed by atoms with Crippen LogP contribution in [-0.4, -0.2) is 11.0 Å². The molecular weight excluding hydrogens is 294 g/mol. The molecule has 0 bridgehead atoms. The third kappa shape index (κ3) is 1.43. The normalized spacial score (nSPS) is 21.6. The molecule has 0 aromatic heterocycles. The fourth-order valence-electron chi connectivity index (χ4n) is 2.28. The van der Waals surface area contributed by atoms with Crippen LogP contribution >= 0.6 is 15.9 Å². The minimum atomic E-state index is -1.63. The van der Waals surface area contributed by atoms with Crippen LogP contribution in [0.1, 0.15) is 11.1 Å². The number of fused-ring (bicyclic) bond motifs is 1. The molecule has 1 heterocycles.